The van der Waals surface area contributed by atoms with Crippen molar-refractivity contribution in [3.8, 4) is 0 Å². The number of nitrogens with zero attached hydrogens (tertiary/aromatic N) is 2. The van der Waals surface area contributed by atoms with Gasteiger partial charge in [-0.3, -0.25) is 4.79 Å². The molecule has 0 aromatic carbocycles. The van der Waals surface area contributed by atoms with Gasteiger partial charge in [-0.2, -0.15) is 4.79 Å². The molecule has 0 aliphatic rings. The highest BCUT2D eigenvalue weighted by Crippen LogP contribution is 2.01. The Hall–Kier alpha value is -1.68. The largest absolute Gasteiger partial charge is 0.467 e. The Balaban J connectivity index is 4.29. The molecule has 0 saturated heterocycles. The Labute approximate surface area is 88.2 Å². The van der Waals surface area contributed by atoms with Gasteiger partial charge in [0.2, 0.25) is 0 Å². The minimum atomic E-state index is -0.680. The van der Waals surface area contributed by atoms with Crippen molar-refractivity contribution in [2.75, 3.05) is 7.11 Å². The van der Waals surface area contributed by atoms with Gasteiger partial charge in [-0.1, -0.05) is 19.8 Å². The lowest BCUT2D eigenvalue weighted by Gasteiger charge is -2.13. The summed E-state index contributed by atoms with van der Waals surface area (Å²) >= 11 is 0. The van der Waals surface area contributed by atoms with Crippen LogP contribution in [0.4, 0.5) is 0 Å². The first-order valence-electron chi connectivity index (χ1n) is 4.71. The van der Waals surface area contributed by atoms with Crippen molar-refractivity contribution in [3.63, 3.8) is 0 Å². The summed E-state index contributed by atoms with van der Waals surface area (Å²) < 4.78 is 4.53. The zero-order valence-corrected chi connectivity index (χ0v) is 8.90. The molecule has 0 fully saturated rings. The van der Waals surface area contributed by atoms with E-state index in [0.717, 1.165) is 12.8 Å². The zero-order valence-electron chi connectivity index (χ0n) is 8.90. The summed E-state index contributed by atoms with van der Waals surface area (Å²) in [5, 5.41) is 2.38. The second-order valence-electron chi connectivity index (χ2n) is 2.97. The lowest BCUT2D eigenvalue weighted by molar-refractivity contribution is -0.144. The standard InChI is InChI=1S/C9H15N3O3/c1-3-4-5-7(9(14)15-2)12-8(13)6-11-10/h6-7H,3-5H2,1-2H3,(H,12,13)/t7-/m1/s1. The zero-order chi connectivity index (χ0) is 11.7. The van der Waals surface area contributed by atoms with Crippen LogP contribution >= 0.6 is 0 Å². The number of esters is 1. The van der Waals surface area contributed by atoms with Crippen molar-refractivity contribution in [1.29, 1.82) is 0 Å². The fraction of sp³-hybridized carbons (Fsp3) is 0.667. The lowest BCUT2D eigenvalue weighted by atomic mass is 10.1. The van der Waals surface area contributed by atoms with E-state index in [0.29, 0.717) is 12.6 Å². The van der Waals surface area contributed by atoms with Crippen LogP contribution in [0.5, 0.6) is 0 Å². The minimum absolute atomic E-state index is 0.497. The molecule has 0 bridgehead atoms. The number of hydrogen-bond donors (Lipinski definition) is 1. The summed E-state index contributed by atoms with van der Waals surface area (Å²) in [5.41, 5.74) is 8.11. The average molecular weight is 213 g/mol. The fourth-order valence-corrected chi connectivity index (χ4v) is 1.06. The molecule has 0 heterocycles. The van der Waals surface area contributed by atoms with Gasteiger partial charge in [0.25, 0.3) is 0 Å². The minimum Gasteiger partial charge on any atom is -0.467 e. The molecule has 1 atom stereocenters. The van der Waals surface area contributed by atoms with Crippen molar-refractivity contribution in [2.45, 2.75) is 32.2 Å². The summed E-state index contributed by atoms with van der Waals surface area (Å²) in [6.07, 6.45) is 2.92. The molecule has 0 rings (SSSR count). The highest BCUT2D eigenvalue weighted by molar-refractivity contribution is 6.24. The quantitative estimate of drug-likeness (QED) is 0.294. The van der Waals surface area contributed by atoms with Crippen LogP contribution in [0, 0.1) is 0 Å². The number of carbonyl (C=O) groups is 2. The Bertz CT molecular complexity index is 272. The van der Waals surface area contributed by atoms with Crippen LogP contribution in [0.25, 0.3) is 5.53 Å². The van der Waals surface area contributed by atoms with E-state index in [9.17, 15) is 9.59 Å². The first-order valence-corrected chi connectivity index (χ1v) is 4.71. The molecule has 6 heteroatoms. The van der Waals surface area contributed by atoms with E-state index >= 15 is 0 Å². The van der Waals surface area contributed by atoms with E-state index in [2.05, 4.69) is 14.8 Å². The van der Waals surface area contributed by atoms with Gasteiger partial charge >= 0.3 is 18.1 Å². The van der Waals surface area contributed by atoms with Gasteiger partial charge in [-0.25, -0.2) is 4.79 Å². The number of carbonyl (C=O) groups excluding carboxylic acids is 2. The molecule has 1 N–H and O–H groups in total. The molecular formula is C9H15N3O3. The lowest BCUT2D eigenvalue weighted by Crippen LogP contribution is -2.42. The molecule has 0 spiro atoms. The summed E-state index contributed by atoms with van der Waals surface area (Å²) in [5.74, 6) is -1.12. The van der Waals surface area contributed by atoms with Crippen molar-refractivity contribution >= 4 is 18.1 Å². The molecule has 0 aliphatic heterocycles. The maximum absolute atomic E-state index is 11.2. The van der Waals surface area contributed by atoms with Gasteiger partial charge in [0.15, 0.2) is 0 Å². The van der Waals surface area contributed by atoms with Crippen molar-refractivity contribution in [2.24, 2.45) is 0 Å². The molecule has 0 saturated carbocycles. The summed E-state index contributed by atoms with van der Waals surface area (Å²) in [6.45, 7) is 1.98. The van der Waals surface area contributed by atoms with Crippen LogP contribution in [0.3, 0.4) is 0 Å². The average Bonchev–Trinajstić information content (AvgIpc) is 2.23. The second-order valence-corrected chi connectivity index (χ2v) is 2.97. The molecule has 0 unspecified atom stereocenters. The molecular weight excluding hydrogens is 198 g/mol. The predicted octanol–water partition coefficient (Wildman–Crippen LogP) is 0.135. The highest BCUT2D eigenvalue weighted by atomic mass is 16.5. The second kappa shape index (κ2) is 7.70. The number of ether oxygens (including phenoxy) is 1. The number of nitrogens with one attached hydrogen (secondary N) is 1. The summed E-state index contributed by atoms with van der Waals surface area (Å²) in [4.78, 5) is 24.8. The van der Waals surface area contributed by atoms with Crippen LogP contribution < -0.4 is 5.32 Å². The smallest absolute Gasteiger partial charge is 0.344 e. The molecule has 0 radical (unpaired) electrons. The van der Waals surface area contributed by atoms with Gasteiger partial charge in [-0.15, -0.1) is 0 Å². The number of hydrogen-bond acceptors (Lipinski definition) is 3. The molecule has 0 aromatic rings. The normalized spacial score (nSPS) is 11.1. The van der Waals surface area contributed by atoms with E-state index in [1.807, 2.05) is 6.92 Å². The Kier molecular flexibility index (Phi) is 6.84. The summed E-state index contributed by atoms with van der Waals surface area (Å²) in [6, 6.07) is -0.680. The van der Waals surface area contributed by atoms with Gasteiger partial charge in [-0.05, 0) is 6.42 Å². The molecule has 1 amide bonds. The SMILES string of the molecule is CCCC[C@@H](NC(=O)C=[N+]=[N-])C(=O)OC. The van der Waals surface area contributed by atoms with E-state index in [4.69, 9.17) is 5.53 Å². The van der Waals surface area contributed by atoms with Gasteiger partial charge in [0.05, 0.1) is 7.11 Å². The highest BCUT2D eigenvalue weighted by Gasteiger charge is 2.21. The Morgan fingerprint density at radius 1 is 1.60 bits per heavy atom. The van der Waals surface area contributed by atoms with Gasteiger partial charge in [0.1, 0.15) is 6.04 Å². The van der Waals surface area contributed by atoms with Crippen LogP contribution in [0.15, 0.2) is 0 Å². The third-order valence-electron chi connectivity index (χ3n) is 1.82. The number of rotatable bonds is 6. The topological polar surface area (TPSA) is 91.8 Å². The molecule has 15 heavy (non-hydrogen) atoms. The van der Waals surface area contributed by atoms with Crippen LogP contribution in [-0.2, 0) is 14.3 Å². The number of amides is 1. The van der Waals surface area contributed by atoms with Gasteiger partial charge in [0, 0.05) is 0 Å². The predicted molar refractivity (Wildman–Crippen MR) is 53.2 cm³/mol. The van der Waals surface area contributed by atoms with E-state index in [1.165, 1.54) is 7.11 Å². The van der Waals surface area contributed by atoms with Crippen molar-refractivity contribution in [1.82, 2.24) is 5.32 Å². The molecule has 84 valence electrons. The van der Waals surface area contributed by atoms with Gasteiger partial charge < -0.3 is 15.6 Å². The Morgan fingerprint density at radius 2 is 2.27 bits per heavy atom. The number of unbranched alkanes of at least 4 members (excludes halogenated alkanes) is 1. The first kappa shape index (κ1) is 13.3. The van der Waals surface area contributed by atoms with Crippen molar-refractivity contribution < 1.29 is 19.1 Å². The fourth-order valence-electron chi connectivity index (χ4n) is 1.06. The van der Waals surface area contributed by atoms with Crippen LogP contribution in [0.1, 0.15) is 26.2 Å². The molecule has 0 aromatic heterocycles. The van der Waals surface area contributed by atoms with E-state index in [-0.39, 0.29) is 0 Å². The number of methoxy groups -OCH3 is 1. The molecule has 6 nitrogen and oxygen atoms in total. The maximum atomic E-state index is 11.2. The van der Waals surface area contributed by atoms with Crippen LogP contribution in [-0.4, -0.2) is 36.0 Å². The first-order chi connectivity index (χ1) is 7.15. The third-order valence-corrected chi connectivity index (χ3v) is 1.82. The summed E-state index contributed by atoms with van der Waals surface area (Å²) in [7, 11) is 1.26. The Morgan fingerprint density at radius 3 is 2.73 bits per heavy atom. The molecule has 0 aliphatic carbocycles. The maximum Gasteiger partial charge on any atom is 0.344 e. The van der Waals surface area contributed by atoms with Crippen molar-refractivity contribution in [3.05, 3.63) is 5.53 Å². The van der Waals surface area contributed by atoms with Crippen LogP contribution in [0.2, 0.25) is 0 Å². The van der Waals surface area contributed by atoms with E-state index < -0.39 is 17.9 Å². The monoisotopic (exact) mass is 213 g/mol. The van der Waals surface area contributed by atoms with E-state index in [1.54, 1.807) is 0 Å². The third kappa shape index (κ3) is 5.59.